The number of rotatable bonds is 4. The van der Waals surface area contributed by atoms with Crippen LogP contribution in [0.3, 0.4) is 0 Å². The molecule has 2 rings (SSSR count). The first-order valence-corrected chi connectivity index (χ1v) is 6.46. The standard InChI is InChI=1S/C12H13ClN2OS/c1-8(14)6-9-2-3-10(13)7-11(9)17-12-15-4-5-16-12/h2-5,7-8H,6,14H2,1H3. The molecule has 1 aromatic heterocycles. The highest BCUT2D eigenvalue weighted by Crippen LogP contribution is 2.32. The van der Waals surface area contributed by atoms with Crippen molar-refractivity contribution in [2.24, 2.45) is 5.73 Å². The number of nitrogens with zero attached hydrogens (tertiary/aromatic N) is 1. The summed E-state index contributed by atoms with van der Waals surface area (Å²) in [6.07, 6.45) is 3.98. The second-order valence-electron chi connectivity index (χ2n) is 3.83. The van der Waals surface area contributed by atoms with Gasteiger partial charge in [0.25, 0.3) is 5.22 Å². The number of benzene rings is 1. The van der Waals surface area contributed by atoms with Gasteiger partial charge in [0.15, 0.2) is 0 Å². The van der Waals surface area contributed by atoms with E-state index >= 15 is 0 Å². The minimum absolute atomic E-state index is 0.111. The van der Waals surface area contributed by atoms with E-state index in [2.05, 4.69) is 4.98 Å². The normalized spacial score (nSPS) is 12.6. The molecule has 0 spiro atoms. The SMILES string of the molecule is CC(N)Cc1ccc(Cl)cc1Sc1ncco1. The van der Waals surface area contributed by atoms with Crippen LogP contribution in [0.4, 0.5) is 0 Å². The quantitative estimate of drug-likeness (QED) is 0.924. The summed E-state index contributed by atoms with van der Waals surface area (Å²) in [6, 6.07) is 5.89. The molecule has 1 aromatic carbocycles. The van der Waals surface area contributed by atoms with E-state index in [1.54, 1.807) is 12.5 Å². The predicted octanol–water partition coefficient (Wildman–Crippen LogP) is 3.37. The van der Waals surface area contributed by atoms with Gasteiger partial charge in [-0.05, 0) is 42.8 Å². The summed E-state index contributed by atoms with van der Waals surface area (Å²) in [6.45, 7) is 1.98. The Morgan fingerprint density at radius 1 is 1.53 bits per heavy atom. The van der Waals surface area contributed by atoms with Gasteiger partial charge in [-0.2, -0.15) is 0 Å². The topological polar surface area (TPSA) is 52.0 Å². The maximum atomic E-state index is 6.00. The lowest BCUT2D eigenvalue weighted by molar-refractivity contribution is 0.454. The zero-order valence-electron chi connectivity index (χ0n) is 9.39. The molecule has 0 aliphatic rings. The van der Waals surface area contributed by atoms with E-state index in [0.29, 0.717) is 10.2 Å². The molecule has 3 nitrogen and oxygen atoms in total. The van der Waals surface area contributed by atoms with Crippen molar-refractivity contribution < 1.29 is 4.42 Å². The van der Waals surface area contributed by atoms with E-state index in [9.17, 15) is 0 Å². The largest absolute Gasteiger partial charge is 0.440 e. The van der Waals surface area contributed by atoms with Crippen LogP contribution < -0.4 is 5.73 Å². The van der Waals surface area contributed by atoms with E-state index in [-0.39, 0.29) is 6.04 Å². The Morgan fingerprint density at radius 3 is 3.00 bits per heavy atom. The van der Waals surface area contributed by atoms with Crippen LogP contribution in [0.1, 0.15) is 12.5 Å². The monoisotopic (exact) mass is 268 g/mol. The van der Waals surface area contributed by atoms with E-state index in [4.69, 9.17) is 21.8 Å². The molecule has 0 aliphatic heterocycles. The Hall–Kier alpha value is -0.970. The molecule has 2 N–H and O–H groups in total. The molecule has 0 aliphatic carbocycles. The summed E-state index contributed by atoms with van der Waals surface area (Å²) in [7, 11) is 0. The zero-order chi connectivity index (χ0) is 12.3. The molecule has 0 bridgehead atoms. The van der Waals surface area contributed by atoms with Crippen molar-refractivity contribution >= 4 is 23.4 Å². The summed E-state index contributed by atoms with van der Waals surface area (Å²) in [5.41, 5.74) is 6.98. The van der Waals surface area contributed by atoms with Crippen LogP contribution >= 0.6 is 23.4 Å². The number of halogens is 1. The molecular formula is C12H13ClN2OS. The van der Waals surface area contributed by atoms with Crippen molar-refractivity contribution in [1.29, 1.82) is 0 Å². The third-order valence-corrected chi connectivity index (χ3v) is 3.39. The van der Waals surface area contributed by atoms with E-state index in [1.165, 1.54) is 11.8 Å². The fourth-order valence-electron chi connectivity index (χ4n) is 1.49. The van der Waals surface area contributed by atoms with Crippen LogP contribution in [-0.4, -0.2) is 11.0 Å². The summed E-state index contributed by atoms with van der Waals surface area (Å²) in [5, 5.41) is 1.31. The number of aromatic nitrogens is 1. The van der Waals surface area contributed by atoms with Crippen molar-refractivity contribution in [2.75, 3.05) is 0 Å². The molecule has 0 radical (unpaired) electrons. The lowest BCUT2D eigenvalue weighted by atomic mass is 10.1. The Labute approximate surface area is 109 Å². The maximum Gasteiger partial charge on any atom is 0.260 e. The highest BCUT2D eigenvalue weighted by atomic mass is 35.5. The summed E-state index contributed by atoms with van der Waals surface area (Å²) >= 11 is 7.46. The van der Waals surface area contributed by atoms with Crippen molar-refractivity contribution in [1.82, 2.24) is 4.98 Å². The molecule has 17 heavy (non-hydrogen) atoms. The fraction of sp³-hybridized carbons (Fsp3) is 0.250. The van der Waals surface area contributed by atoms with Gasteiger partial charge in [-0.3, -0.25) is 0 Å². The van der Waals surface area contributed by atoms with Crippen LogP contribution in [-0.2, 0) is 6.42 Å². The van der Waals surface area contributed by atoms with Crippen molar-refractivity contribution in [3.63, 3.8) is 0 Å². The molecule has 90 valence electrons. The molecule has 0 amide bonds. The smallest absolute Gasteiger partial charge is 0.260 e. The average Bonchev–Trinajstić information content (AvgIpc) is 2.74. The second-order valence-corrected chi connectivity index (χ2v) is 5.26. The molecule has 0 fully saturated rings. The zero-order valence-corrected chi connectivity index (χ0v) is 11.0. The lowest BCUT2D eigenvalue weighted by Crippen LogP contribution is -2.18. The first-order chi connectivity index (χ1) is 8.15. The molecular weight excluding hydrogens is 256 g/mol. The molecule has 5 heteroatoms. The number of hydrogen-bond acceptors (Lipinski definition) is 4. The Morgan fingerprint density at radius 2 is 2.35 bits per heavy atom. The summed E-state index contributed by atoms with van der Waals surface area (Å²) in [4.78, 5) is 5.12. The Kier molecular flexibility index (Phi) is 4.10. The molecule has 0 saturated heterocycles. The van der Waals surface area contributed by atoms with Crippen LogP contribution in [0.15, 0.2) is 45.2 Å². The van der Waals surface area contributed by atoms with Gasteiger partial charge in [0.1, 0.15) is 6.26 Å². The first kappa shape index (κ1) is 12.5. The average molecular weight is 269 g/mol. The van der Waals surface area contributed by atoms with Crippen LogP contribution in [0.5, 0.6) is 0 Å². The first-order valence-electron chi connectivity index (χ1n) is 5.26. The van der Waals surface area contributed by atoms with Crippen LogP contribution in [0.2, 0.25) is 5.02 Å². The van der Waals surface area contributed by atoms with Gasteiger partial charge in [-0.1, -0.05) is 17.7 Å². The van der Waals surface area contributed by atoms with Gasteiger partial charge in [0, 0.05) is 16.0 Å². The molecule has 1 unspecified atom stereocenters. The molecule has 1 heterocycles. The minimum atomic E-state index is 0.111. The van der Waals surface area contributed by atoms with Crippen molar-refractivity contribution in [3.8, 4) is 0 Å². The van der Waals surface area contributed by atoms with Crippen molar-refractivity contribution in [2.45, 2.75) is 29.5 Å². The summed E-state index contributed by atoms with van der Waals surface area (Å²) in [5.74, 6) is 0. The van der Waals surface area contributed by atoms with Gasteiger partial charge >= 0.3 is 0 Å². The van der Waals surface area contributed by atoms with Gasteiger partial charge < -0.3 is 10.2 Å². The van der Waals surface area contributed by atoms with Gasteiger partial charge in [0.05, 0.1) is 6.20 Å². The van der Waals surface area contributed by atoms with Crippen molar-refractivity contribution in [3.05, 3.63) is 41.2 Å². The van der Waals surface area contributed by atoms with Crippen LogP contribution in [0, 0.1) is 0 Å². The van der Waals surface area contributed by atoms with Gasteiger partial charge in [-0.25, -0.2) is 4.98 Å². The van der Waals surface area contributed by atoms with Gasteiger partial charge in [-0.15, -0.1) is 0 Å². The predicted molar refractivity (Wildman–Crippen MR) is 69.4 cm³/mol. The maximum absolute atomic E-state index is 6.00. The lowest BCUT2D eigenvalue weighted by Gasteiger charge is -2.10. The second kappa shape index (κ2) is 5.58. The van der Waals surface area contributed by atoms with E-state index in [0.717, 1.165) is 16.9 Å². The van der Waals surface area contributed by atoms with Gasteiger partial charge in [0.2, 0.25) is 0 Å². The molecule has 2 aromatic rings. The summed E-state index contributed by atoms with van der Waals surface area (Å²) < 4.78 is 5.21. The number of nitrogens with two attached hydrogens (primary N) is 1. The molecule has 0 saturated carbocycles. The van der Waals surface area contributed by atoms with E-state index in [1.807, 2.05) is 25.1 Å². The highest BCUT2D eigenvalue weighted by Gasteiger charge is 2.09. The fourth-order valence-corrected chi connectivity index (χ4v) is 2.60. The third-order valence-electron chi connectivity index (χ3n) is 2.18. The Balaban J connectivity index is 2.26. The highest BCUT2D eigenvalue weighted by molar-refractivity contribution is 7.99. The minimum Gasteiger partial charge on any atom is -0.440 e. The Bertz CT molecular complexity index is 485. The third kappa shape index (κ3) is 3.49. The van der Waals surface area contributed by atoms with E-state index < -0.39 is 0 Å². The number of oxazole rings is 1. The molecule has 1 atom stereocenters. The number of hydrogen-bond donors (Lipinski definition) is 1. The van der Waals surface area contributed by atoms with Crippen LogP contribution in [0.25, 0.3) is 0 Å².